The lowest BCUT2D eigenvalue weighted by Gasteiger charge is -2.24. The number of nitrogens with one attached hydrogen (secondary N) is 1. The van der Waals surface area contributed by atoms with Crippen molar-refractivity contribution < 1.29 is 9.59 Å². The Morgan fingerprint density at radius 3 is 2.21 bits per heavy atom. The molecule has 1 atom stereocenters. The van der Waals surface area contributed by atoms with Crippen molar-refractivity contribution in [1.29, 1.82) is 0 Å². The third-order valence-electron chi connectivity index (χ3n) is 5.44. The second kappa shape index (κ2) is 10.0. The van der Waals surface area contributed by atoms with Gasteiger partial charge in [0.15, 0.2) is 0 Å². The first-order chi connectivity index (χ1) is 16.3. The van der Waals surface area contributed by atoms with Crippen LogP contribution in [-0.2, 0) is 16.1 Å². The smallest absolute Gasteiger partial charge is 0.280 e. The summed E-state index contributed by atoms with van der Waals surface area (Å²) < 4.78 is 1.66. The molecule has 0 aliphatic carbocycles. The topological polar surface area (TPSA) is 73.7 Å². The molecule has 1 aliphatic rings. The molecule has 1 saturated heterocycles. The van der Waals surface area contributed by atoms with Gasteiger partial charge in [-0.3, -0.25) is 15.0 Å². The average molecular weight is 477 g/mol. The van der Waals surface area contributed by atoms with E-state index in [0.717, 1.165) is 22.5 Å². The number of imidazole rings is 1. The van der Waals surface area contributed by atoms with E-state index in [1.165, 1.54) is 16.8 Å². The van der Waals surface area contributed by atoms with Gasteiger partial charge in [-0.1, -0.05) is 36.0 Å². The van der Waals surface area contributed by atoms with Crippen LogP contribution in [0.25, 0.3) is 6.08 Å². The number of hydrogen-bond acceptors (Lipinski definition) is 6. The van der Waals surface area contributed by atoms with E-state index in [9.17, 15) is 9.59 Å². The molecular formula is C25H28N6O2S. The Morgan fingerprint density at radius 1 is 1.03 bits per heavy atom. The minimum atomic E-state index is -0.372. The lowest BCUT2D eigenvalue weighted by atomic mass is 10.1. The predicted octanol–water partition coefficient (Wildman–Crippen LogP) is 3.36. The zero-order chi connectivity index (χ0) is 24.2. The number of carbonyl (C=O) groups is 2. The van der Waals surface area contributed by atoms with E-state index >= 15 is 0 Å². The lowest BCUT2D eigenvalue weighted by molar-refractivity contribution is -0.138. The normalized spacial score (nSPS) is 16.7. The summed E-state index contributed by atoms with van der Waals surface area (Å²) in [6.07, 6.45) is 6.76. The molecule has 1 unspecified atom stereocenters. The minimum absolute atomic E-state index is 0.0752. The third-order valence-corrected chi connectivity index (χ3v) is 6.69. The van der Waals surface area contributed by atoms with E-state index in [4.69, 9.17) is 0 Å². The van der Waals surface area contributed by atoms with Crippen LogP contribution in [0.5, 0.6) is 0 Å². The predicted molar refractivity (Wildman–Crippen MR) is 137 cm³/mol. The zero-order valence-electron chi connectivity index (χ0n) is 19.7. The number of benzene rings is 2. The monoisotopic (exact) mass is 476 g/mol. The quantitative estimate of drug-likeness (QED) is 0.527. The van der Waals surface area contributed by atoms with Crippen molar-refractivity contribution in [2.75, 3.05) is 38.0 Å². The van der Waals surface area contributed by atoms with Crippen molar-refractivity contribution in [2.24, 2.45) is 0 Å². The van der Waals surface area contributed by atoms with Gasteiger partial charge in [-0.25, -0.2) is 9.99 Å². The molecule has 1 aliphatic heterocycles. The summed E-state index contributed by atoms with van der Waals surface area (Å²) in [7, 11) is 7.93. The molecule has 0 radical (unpaired) electrons. The second-order valence-corrected chi connectivity index (χ2v) is 9.52. The van der Waals surface area contributed by atoms with Gasteiger partial charge in [-0.2, -0.15) is 0 Å². The van der Waals surface area contributed by atoms with Gasteiger partial charge in [0.05, 0.1) is 11.2 Å². The van der Waals surface area contributed by atoms with E-state index in [1.54, 1.807) is 23.3 Å². The molecule has 1 N–H and O–H groups in total. The highest BCUT2D eigenvalue weighted by Gasteiger charge is 2.38. The second-order valence-electron chi connectivity index (χ2n) is 8.40. The van der Waals surface area contributed by atoms with Crippen molar-refractivity contribution in [3.63, 3.8) is 0 Å². The van der Waals surface area contributed by atoms with Gasteiger partial charge in [0.25, 0.3) is 11.8 Å². The van der Waals surface area contributed by atoms with Crippen molar-refractivity contribution in [3.8, 4) is 0 Å². The van der Waals surface area contributed by atoms with Gasteiger partial charge in [0.1, 0.15) is 11.9 Å². The molecule has 1 aromatic heterocycles. The van der Waals surface area contributed by atoms with Crippen molar-refractivity contribution in [3.05, 3.63) is 83.3 Å². The first-order valence-electron chi connectivity index (χ1n) is 10.8. The fourth-order valence-electron chi connectivity index (χ4n) is 3.54. The van der Waals surface area contributed by atoms with Crippen LogP contribution in [0.3, 0.4) is 0 Å². The summed E-state index contributed by atoms with van der Waals surface area (Å²) in [5, 5.41) is 1.05. The minimum Gasteiger partial charge on any atom is -0.378 e. The lowest BCUT2D eigenvalue weighted by Crippen LogP contribution is -2.45. The number of nitrogens with zero attached hydrogens (tertiary/aromatic N) is 5. The van der Waals surface area contributed by atoms with Gasteiger partial charge in [0, 0.05) is 52.0 Å². The Bertz CT molecular complexity index is 1170. The fraction of sp³-hybridized carbons (Fsp3) is 0.240. The summed E-state index contributed by atoms with van der Waals surface area (Å²) >= 11 is 1.43. The molecule has 176 valence electrons. The molecule has 34 heavy (non-hydrogen) atoms. The van der Waals surface area contributed by atoms with Crippen LogP contribution in [-0.4, -0.2) is 54.6 Å². The number of thioether (sulfide) groups is 1. The fourth-order valence-corrected chi connectivity index (χ4v) is 4.73. The number of aromatic nitrogens is 2. The van der Waals surface area contributed by atoms with E-state index in [-0.39, 0.29) is 23.7 Å². The summed E-state index contributed by atoms with van der Waals surface area (Å²) in [6, 6.07) is 16.0. The maximum atomic E-state index is 13.4. The van der Waals surface area contributed by atoms with Crippen molar-refractivity contribution in [1.82, 2.24) is 20.0 Å². The van der Waals surface area contributed by atoms with E-state index < -0.39 is 0 Å². The molecule has 4 rings (SSSR count). The van der Waals surface area contributed by atoms with Gasteiger partial charge in [0.2, 0.25) is 0 Å². The molecule has 2 heterocycles. The molecule has 9 heteroatoms. The van der Waals surface area contributed by atoms with E-state index in [1.807, 2.05) is 92.6 Å². The van der Waals surface area contributed by atoms with Crippen LogP contribution in [0.1, 0.15) is 16.5 Å². The summed E-state index contributed by atoms with van der Waals surface area (Å²) in [5.41, 5.74) is 6.81. The Hall–Kier alpha value is -3.72. The van der Waals surface area contributed by atoms with Gasteiger partial charge >= 0.3 is 0 Å². The number of rotatable bonds is 7. The zero-order valence-corrected chi connectivity index (χ0v) is 20.5. The highest BCUT2D eigenvalue weighted by molar-refractivity contribution is 8.04. The number of hydrazine groups is 1. The Kier molecular flexibility index (Phi) is 6.93. The van der Waals surface area contributed by atoms with Gasteiger partial charge in [-0.05, 0) is 41.5 Å². The van der Waals surface area contributed by atoms with Crippen molar-refractivity contribution >= 4 is 41.0 Å². The van der Waals surface area contributed by atoms with Crippen LogP contribution in [0, 0.1) is 0 Å². The molecule has 0 spiro atoms. The number of anilines is 2. The number of hydrogen-bond donors (Lipinski definition) is 1. The average Bonchev–Trinajstić information content (AvgIpc) is 3.43. The molecule has 8 nitrogen and oxygen atoms in total. The van der Waals surface area contributed by atoms with E-state index in [0.29, 0.717) is 4.91 Å². The Labute approximate surface area is 203 Å². The molecule has 2 amide bonds. The van der Waals surface area contributed by atoms with Gasteiger partial charge in [-0.15, -0.1) is 0 Å². The molecule has 1 fully saturated rings. The maximum absolute atomic E-state index is 13.4. The molecule has 0 saturated carbocycles. The molecule has 0 bridgehead atoms. The van der Waals surface area contributed by atoms with Gasteiger partial charge < -0.3 is 14.4 Å². The number of amides is 2. The van der Waals surface area contributed by atoms with Crippen LogP contribution in [0.4, 0.5) is 11.4 Å². The summed E-state index contributed by atoms with van der Waals surface area (Å²) in [6.45, 7) is 0.0752. The molecule has 2 aromatic carbocycles. The summed E-state index contributed by atoms with van der Waals surface area (Å²) in [5.74, 6) is -0.527. The van der Waals surface area contributed by atoms with Crippen LogP contribution in [0.15, 0.2) is 72.2 Å². The molecular weight excluding hydrogens is 448 g/mol. The van der Waals surface area contributed by atoms with Crippen LogP contribution >= 0.6 is 11.8 Å². The van der Waals surface area contributed by atoms with Crippen molar-refractivity contribution in [2.45, 2.75) is 11.9 Å². The first-order valence-corrected chi connectivity index (χ1v) is 11.7. The highest BCUT2D eigenvalue weighted by atomic mass is 32.2. The Morgan fingerprint density at radius 2 is 1.65 bits per heavy atom. The standard InChI is InChI=1S/C25H28N6O2S/c1-28(2)20-9-5-18(6-10-20)15-22-24(33)31(27-23(32)16-30-14-13-26-17-30)25(34-22)19-7-11-21(12-8-19)29(3)4/h5-15,17,25H,16H2,1-4H3,(H,27,32)/b22-15+. The Balaban J connectivity index is 1.61. The highest BCUT2D eigenvalue weighted by Crippen LogP contribution is 2.45. The SMILES string of the molecule is CN(C)c1ccc(/C=C2/SC(c3ccc(N(C)C)cc3)N(NC(=O)Cn3ccnc3)C2=O)cc1. The first kappa shape index (κ1) is 23.4. The third kappa shape index (κ3) is 5.26. The summed E-state index contributed by atoms with van der Waals surface area (Å²) in [4.78, 5) is 34.7. The number of carbonyl (C=O) groups excluding carboxylic acids is 2. The largest absolute Gasteiger partial charge is 0.378 e. The maximum Gasteiger partial charge on any atom is 0.280 e. The molecule has 3 aromatic rings. The van der Waals surface area contributed by atoms with Crippen LogP contribution < -0.4 is 15.2 Å². The van der Waals surface area contributed by atoms with E-state index in [2.05, 4.69) is 10.4 Å². The van der Waals surface area contributed by atoms with Crippen LogP contribution in [0.2, 0.25) is 0 Å².